The maximum absolute atomic E-state index is 11.9. The number of carbonyl (C=O) groups excluding carboxylic acids is 1. The van der Waals surface area contributed by atoms with E-state index >= 15 is 0 Å². The number of aromatic nitrogens is 2. The van der Waals surface area contributed by atoms with Crippen molar-refractivity contribution >= 4 is 28.2 Å². The highest BCUT2D eigenvalue weighted by molar-refractivity contribution is 5.90. The lowest BCUT2D eigenvalue weighted by Crippen LogP contribution is -2.19. The summed E-state index contributed by atoms with van der Waals surface area (Å²) >= 11 is 0. The summed E-state index contributed by atoms with van der Waals surface area (Å²) in [5.74, 6) is 0. The predicted molar refractivity (Wildman–Crippen MR) is 92.1 cm³/mol. The third kappa shape index (κ3) is 3.59. The molecule has 3 aromatic rings. The summed E-state index contributed by atoms with van der Waals surface area (Å²) in [5.41, 5.74) is -0.154. The van der Waals surface area contributed by atoms with E-state index in [-0.39, 0.29) is 28.8 Å². The smallest absolute Gasteiger partial charge is 0.411 e. The highest BCUT2D eigenvalue weighted by atomic mass is 16.6. The number of non-ortho nitro benzene ring substituents is 1. The zero-order chi connectivity index (χ0) is 18.7. The Bertz CT molecular complexity index is 1100. The maximum Gasteiger partial charge on any atom is 0.411 e. The monoisotopic (exact) mass is 356 g/mol. The van der Waals surface area contributed by atoms with Gasteiger partial charge in [0.1, 0.15) is 6.61 Å². The Morgan fingerprint density at radius 1 is 1.04 bits per heavy atom. The number of benzene rings is 2. The van der Waals surface area contributed by atoms with Crippen LogP contribution in [0, 0.1) is 10.1 Å². The van der Waals surface area contributed by atoms with Crippen LogP contribution < -0.4 is 16.4 Å². The van der Waals surface area contributed by atoms with Crippen molar-refractivity contribution in [3.05, 3.63) is 78.8 Å². The SMILES string of the molecule is O=C(Nc1ccc2c(=O)[nH][nH]c(=O)c2c1)OCc1ccc([N+](=O)[O-])cc1. The Labute approximate surface area is 144 Å². The minimum atomic E-state index is -0.774. The third-order valence-corrected chi connectivity index (χ3v) is 3.56. The summed E-state index contributed by atoms with van der Waals surface area (Å²) in [4.78, 5) is 45.3. The van der Waals surface area contributed by atoms with Crippen LogP contribution in [0.1, 0.15) is 5.56 Å². The summed E-state index contributed by atoms with van der Waals surface area (Å²) in [6, 6.07) is 9.81. The van der Waals surface area contributed by atoms with Crippen LogP contribution in [-0.4, -0.2) is 21.2 Å². The average molecular weight is 356 g/mol. The first-order chi connectivity index (χ1) is 12.4. The molecule has 10 nitrogen and oxygen atoms in total. The molecule has 0 saturated carbocycles. The molecule has 10 heteroatoms. The molecular weight excluding hydrogens is 344 g/mol. The van der Waals surface area contributed by atoms with Gasteiger partial charge in [-0.05, 0) is 35.9 Å². The normalized spacial score (nSPS) is 10.5. The van der Waals surface area contributed by atoms with Crippen molar-refractivity contribution in [2.24, 2.45) is 0 Å². The summed E-state index contributed by atoms with van der Waals surface area (Å²) in [7, 11) is 0. The van der Waals surface area contributed by atoms with Gasteiger partial charge < -0.3 is 4.74 Å². The summed E-state index contributed by atoms with van der Waals surface area (Å²) < 4.78 is 5.02. The van der Waals surface area contributed by atoms with Crippen molar-refractivity contribution in [2.45, 2.75) is 6.61 Å². The molecule has 132 valence electrons. The fraction of sp³-hybridized carbons (Fsp3) is 0.0625. The standard InChI is InChI=1S/C16H12N4O6/c21-14-12-6-3-10(7-13(12)15(22)19-18-14)17-16(23)26-8-9-1-4-11(5-2-9)20(24)25/h1-7H,8H2,(H,17,23)(H,18,21)(H,19,22). The molecule has 0 atom stereocenters. The summed E-state index contributed by atoms with van der Waals surface area (Å²) in [5, 5.41) is 17.8. The van der Waals surface area contributed by atoms with Crippen molar-refractivity contribution in [3.63, 3.8) is 0 Å². The molecular formula is C16H12N4O6. The van der Waals surface area contributed by atoms with E-state index in [1.165, 1.54) is 42.5 Å². The molecule has 0 aliphatic rings. The Morgan fingerprint density at radius 2 is 1.69 bits per heavy atom. The van der Waals surface area contributed by atoms with Gasteiger partial charge in [0.2, 0.25) is 0 Å². The molecule has 1 aromatic heterocycles. The zero-order valence-corrected chi connectivity index (χ0v) is 13.1. The number of carbonyl (C=O) groups is 1. The van der Waals surface area contributed by atoms with Crippen molar-refractivity contribution in [2.75, 3.05) is 5.32 Å². The molecule has 1 amide bonds. The van der Waals surface area contributed by atoms with E-state index in [9.17, 15) is 24.5 Å². The van der Waals surface area contributed by atoms with Crippen molar-refractivity contribution in [1.29, 1.82) is 0 Å². The number of H-pyrrole nitrogens is 2. The largest absolute Gasteiger partial charge is 0.444 e. The lowest BCUT2D eigenvalue weighted by molar-refractivity contribution is -0.384. The van der Waals surface area contributed by atoms with E-state index in [4.69, 9.17) is 4.74 Å². The van der Waals surface area contributed by atoms with E-state index in [2.05, 4.69) is 15.5 Å². The number of anilines is 1. The second kappa shape index (κ2) is 6.89. The molecule has 0 fully saturated rings. The number of amides is 1. The molecule has 0 unspecified atom stereocenters. The Kier molecular flexibility index (Phi) is 4.48. The number of ether oxygens (including phenoxy) is 1. The van der Waals surface area contributed by atoms with Gasteiger partial charge in [0.05, 0.1) is 15.7 Å². The highest BCUT2D eigenvalue weighted by Gasteiger charge is 2.09. The van der Waals surface area contributed by atoms with Gasteiger partial charge in [-0.1, -0.05) is 0 Å². The van der Waals surface area contributed by atoms with E-state index in [0.717, 1.165) is 0 Å². The number of aromatic amines is 2. The van der Waals surface area contributed by atoms with Crippen LogP contribution in [0.5, 0.6) is 0 Å². The number of hydrogen-bond acceptors (Lipinski definition) is 6. The van der Waals surface area contributed by atoms with Crippen LogP contribution in [0.3, 0.4) is 0 Å². The van der Waals surface area contributed by atoms with Crippen LogP contribution in [0.15, 0.2) is 52.1 Å². The minimum Gasteiger partial charge on any atom is -0.444 e. The highest BCUT2D eigenvalue weighted by Crippen LogP contribution is 2.15. The molecule has 0 radical (unpaired) electrons. The second-order valence-electron chi connectivity index (χ2n) is 5.29. The first kappa shape index (κ1) is 16.9. The van der Waals surface area contributed by atoms with Gasteiger partial charge >= 0.3 is 6.09 Å². The van der Waals surface area contributed by atoms with Crippen molar-refractivity contribution in [3.8, 4) is 0 Å². The van der Waals surface area contributed by atoms with Crippen LogP contribution in [0.4, 0.5) is 16.2 Å². The molecule has 2 aromatic carbocycles. The third-order valence-electron chi connectivity index (χ3n) is 3.56. The number of nitrogens with one attached hydrogen (secondary N) is 3. The van der Waals surface area contributed by atoms with E-state index < -0.39 is 22.1 Å². The van der Waals surface area contributed by atoms with E-state index in [0.29, 0.717) is 5.56 Å². The first-order valence-corrected chi connectivity index (χ1v) is 7.36. The Hall–Kier alpha value is -3.95. The molecule has 3 N–H and O–H groups in total. The predicted octanol–water partition coefficient (Wildman–Crippen LogP) is 1.87. The van der Waals surface area contributed by atoms with Gasteiger partial charge in [-0.2, -0.15) is 0 Å². The van der Waals surface area contributed by atoms with Gasteiger partial charge in [-0.25, -0.2) is 4.79 Å². The second-order valence-corrected chi connectivity index (χ2v) is 5.29. The first-order valence-electron chi connectivity index (χ1n) is 7.36. The number of rotatable bonds is 4. The molecule has 0 spiro atoms. The summed E-state index contributed by atoms with van der Waals surface area (Å²) in [6.45, 7) is -0.0857. The summed E-state index contributed by atoms with van der Waals surface area (Å²) in [6.07, 6.45) is -0.774. The lowest BCUT2D eigenvalue weighted by Gasteiger charge is -2.07. The molecule has 3 rings (SSSR count). The van der Waals surface area contributed by atoms with Gasteiger partial charge in [0.15, 0.2) is 0 Å². The molecule has 0 aliphatic carbocycles. The number of hydrogen-bond donors (Lipinski definition) is 3. The zero-order valence-electron chi connectivity index (χ0n) is 13.1. The number of nitro groups is 1. The fourth-order valence-corrected chi connectivity index (χ4v) is 2.27. The minimum absolute atomic E-state index is 0.0606. The van der Waals surface area contributed by atoms with Crippen molar-refractivity contribution in [1.82, 2.24) is 10.2 Å². The quantitative estimate of drug-likeness (QED) is 0.480. The van der Waals surface area contributed by atoms with Gasteiger partial charge in [0.25, 0.3) is 16.8 Å². The number of fused-ring (bicyclic) bond motifs is 1. The average Bonchev–Trinajstić information content (AvgIpc) is 2.63. The van der Waals surface area contributed by atoms with Crippen LogP contribution in [-0.2, 0) is 11.3 Å². The van der Waals surface area contributed by atoms with Gasteiger partial charge in [-0.15, -0.1) is 0 Å². The van der Waals surface area contributed by atoms with Crippen LogP contribution in [0.2, 0.25) is 0 Å². The molecule has 26 heavy (non-hydrogen) atoms. The van der Waals surface area contributed by atoms with Crippen LogP contribution in [0.25, 0.3) is 10.8 Å². The molecule has 0 bridgehead atoms. The number of nitro benzene ring substituents is 1. The number of nitrogens with zero attached hydrogens (tertiary/aromatic N) is 1. The van der Waals surface area contributed by atoms with Gasteiger partial charge in [0, 0.05) is 17.8 Å². The Balaban J connectivity index is 1.67. The fourth-order valence-electron chi connectivity index (χ4n) is 2.27. The van der Waals surface area contributed by atoms with E-state index in [1.807, 2.05) is 0 Å². The molecule has 0 saturated heterocycles. The van der Waals surface area contributed by atoms with Crippen molar-refractivity contribution < 1.29 is 14.5 Å². The molecule has 0 aliphatic heterocycles. The van der Waals surface area contributed by atoms with E-state index in [1.54, 1.807) is 0 Å². The lowest BCUT2D eigenvalue weighted by atomic mass is 10.2. The maximum atomic E-state index is 11.9. The van der Waals surface area contributed by atoms with Crippen LogP contribution >= 0.6 is 0 Å². The Morgan fingerprint density at radius 3 is 2.35 bits per heavy atom. The molecule has 1 heterocycles. The van der Waals surface area contributed by atoms with Gasteiger partial charge in [-0.3, -0.25) is 35.2 Å². The topological polar surface area (TPSA) is 147 Å².